The second-order valence-electron chi connectivity index (χ2n) is 5.41. The van der Waals surface area contributed by atoms with Gasteiger partial charge in [-0.25, -0.2) is 13.4 Å². The molecule has 0 aliphatic carbocycles. The molecule has 0 N–H and O–H groups in total. The molecule has 0 aliphatic rings. The van der Waals surface area contributed by atoms with E-state index in [1.165, 1.54) is 18.5 Å². The molecule has 0 atom stereocenters. The first kappa shape index (κ1) is 16.1. The summed E-state index contributed by atoms with van der Waals surface area (Å²) in [6.45, 7) is 0.576. The zero-order valence-corrected chi connectivity index (χ0v) is 13.7. The molecule has 0 saturated heterocycles. The fourth-order valence-electron chi connectivity index (χ4n) is 2.34. The van der Waals surface area contributed by atoms with Gasteiger partial charge in [-0.1, -0.05) is 48.5 Å². The van der Waals surface area contributed by atoms with Crippen molar-refractivity contribution < 1.29 is 13.2 Å². The maximum Gasteiger partial charge on any atom is 0.198 e. The lowest BCUT2D eigenvalue weighted by atomic mass is 10.2. The zero-order chi connectivity index (χ0) is 17.0. The molecule has 0 unspecified atom stereocenters. The Morgan fingerprint density at radius 3 is 2.25 bits per heavy atom. The molecular formula is C18H16N2O3S. The Kier molecular flexibility index (Phi) is 4.57. The first-order valence-electron chi connectivity index (χ1n) is 7.41. The summed E-state index contributed by atoms with van der Waals surface area (Å²) in [6.07, 6.45) is 3.12. The van der Waals surface area contributed by atoms with Gasteiger partial charge in [0.1, 0.15) is 11.4 Å². The van der Waals surface area contributed by atoms with E-state index in [0.29, 0.717) is 6.54 Å². The van der Waals surface area contributed by atoms with Crippen LogP contribution in [0.2, 0.25) is 0 Å². The molecule has 0 bridgehead atoms. The summed E-state index contributed by atoms with van der Waals surface area (Å²) in [5, 5.41) is 0. The van der Waals surface area contributed by atoms with Gasteiger partial charge in [0.25, 0.3) is 0 Å². The summed E-state index contributed by atoms with van der Waals surface area (Å²) in [6, 6.07) is 17.7. The van der Waals surface area contributed by atoms with Gasteiger partial charge >= 0.3 is 0 Å². The van der Waals surface area contributed by atoms with E-state index >= 15 is 0 Å². The third-order valence-corrected chi connectivity index (χ3v) is 5.18. The fraction of sp³-hybridized carbons (Fsp3) is 0.111. The van der Waals surface area contributed by atoms with Gasteiger partial charge in [-0.2, -0.15) is 0 Å². The van der Waals surface area contributed by atoms with E-state index < -0.39 is 21.4 Å². The Morgan fingerprint density at radius 2 is 1.58 bits per heavy atom. The number of benzene rings is 2. The van der Waals surface area contributed by atoms with Gasteiger partial charge < -0.3 is 4.57 Å². The van der Waals surface area contributed by atoms with Crippen LogP contribution in [-0.4, -0.2) is 29.5 Å². The van der Waals surface area contributed by atoms with Crippen LogP contribution >= 0.6 is 0 Å². The molecule has 1 heterocycles. The highest BCUT2D eigenvalue weighted by atomic mass is 32.2. The molecule has 24 heavy (non-hydrogen) atoms. The smallest absolute Gasteiger partial charge is 0.198 e. The molecule has 0 fully saturated rings. The minimum absolute atomic E-state index is 0.141. The number of ketones is 1. The van der Waals surface area contributed by atoms with Crippen molar-refractivity contribution in [3.63, 3.8) is 0 Å². The third kappa shape index (κ3) is 3.78. The van der Waals surface area contributed by atoms with Crippen LogP contribution in [0.25, 0.3) is 0 Å². The highest BCUT2D eigenvalue weighted by Crippen LogP contribution is 2.12. The van der Waals surface area contributed by atoms with Crippen LogP contribution in [-0.2, 0) is 16.4 Å². The van der Waals surface area contributed by atoms with Crippen LogP contribution in [0.5, 0.6) is 0 Å². The second kappa shape index (κ2) is 6.80. The fourth-order valence-corrected chi connectivity index (χ4v) is 3.57. The molecule has 0 saturated carbocycles. The topological polar surface area (TPSA) is 69.0 Å². The van der Waals surface area contributed by atoms with Crippen molar-refractivity contribution in [2.24, 2.45) is 0 Å². The van der Waals surface area contributed by atoms with Crippen molar-refractivity contribution in [2.75, 3.05) is 5.75 Å². The van der Waals surface area contributed by atoms with Crippen LogP contribution in [0.15, 0.2) is 78.1 Å². The monoisotopic (exact) mass is 340 g/mol. The maximum absolute atomic E-state index is 12.3. The van der Waals surface area contributed by atoms with Crippen molar-refractivity contribution in [1.29, 1.82) is 0 Å². The predicted molar refractivity (Wildman–Crippen MR) is 90.6 cm³/mol. The van der Waals surface area contributed by atoms with Crippen LogP contribution in [0, 0.1) is 0 Å². The number of imidazole rings is 1. The molecule has 1 aromatic heterocycles. The number of Topliss-reactive ketones (excluding diaryl/α,β-unsaturated/α-hetero) is 1. The van der Waals surface area contributed by atoms with Crippen LogP contribution < -0.4 is 0 Å². The third-order valence-electron chi connectivity index (χ3n) is 3.55. The highest BCUT2D eigenvalue weighted by Gasteiger charge is 2.21. The summed E-state index contributed by atoms with van der Waals surface area (Å²) in [7, 11) is -3.66. The summed E-state index contributed by atoms with van der Waals surface area (Å²) in [5.74, 6) is -1.09. The van der Waals surface area contributed by atoms with E-state index in [1.807, 2.05) is 30.3 Å². The number of sulfone groups is 1. The normalized spacial score (nSPS) is 11.3. The standard InChI is InChI=1S/C18H16N2O3S/c21-18(13-24(22,23)16-9-5-2-6-10-16)17-12-20(14-19-17)11-15-7-3-1-4-8-15/h1-10,12,14H,11,13H2. The average molecular weight is 340 g/mol. The van der Waals surface area contributed by atoms with Gasteiger partial charge in [0, 0.05) is 12.7 Å². The Bertz CT molecular complexity index is 933. The van der Waals surface area contributed by atoms with Gasteiger partial charge in [0.2, 0.25) is 0 Å². The Hall–Kier alpha value is -2.73. The second-order valence-corrected chi connectivity index (χ2v) is 7.40. The number of hydrogen-bond donors (Lipinski definition) is 0. The SMILES string of the molecule is O=C(CS(=O)(=O)c1ccccc1)c1cn(Cc2ccccc2)cn1. The summed E-state index contributed by atoms with van der Waals surface area (Å²) in [5.41, 5.74) is 1.23. The van der Waals surface area contributed by atoms with E-state index in [-0.39, 0.29) is 10.6 Å². The zero-order valence-electron chi connectivity index (χ0n) is 12.9. The molecular weight excluding hydrogens is 324 g/mol. The molecule has 122 valence electrons. The van der Waals surface area contributed by atoms with Gasteiger partial charge in [-0.15, -0.1) is 0 Å². The van der Waals surface area contributed by atoms with E-state index in [4.69, 9.17) is 0 Å². The summed E-state index contributed by atoms with van der Waals surface area (Å²) >= 11 is 0. The number of carbonyl (C=O) groups is 1. The number of carbonyl (C=O) groups excluding carboxylic acids is 1. The van der Waals surface area contributed by atoms with Crippen LogP contribution in [0.4, 0.5) is 0 Å². The van der Waals surface area contributed by atoms with Crippen molar-refractivity contribution in [3.05, 3.63) is 84.4 Å². The van der Waals surface area contributed by atoms with Gasteiger partial charge in [-0.05, 0) is 17.7 Å². The molecule has 0 aliphatic heterocycles. The van der Waals surface area contributed by atoms with E-state index in [0.717, 1.165) is 5.56 Å². The number of hydrogen-bond acceptors (Lipinski definition) is 4. The van der Waals surface area contributed by atoms with Crippen molar-refractivity contribution >= 4 is 15.6 Å². The quantitative estimate of drug-likeness (QED) is 0.647. The van der Waals surface area contributed by atoms with Crippen LogP contribution in [0.3, 0.4) is 0 Å². The minimum atomic E-state index is -3.66. The molecule has 0 radical (unpaired) electrons. The lowest BCUT2D eigenvalue weighted by Gasteiger charge is -2.03. The van der Waals surface area contributed by atoms with E-state index in [1.54, 1.807) is 29.0 Å². The van der Waals surface area contributed by atoms with Gasteiger partial charge in [-0.3, -0.25) is 4.79 Å². The molecule has 3 aromatic rings. The maximum atomic E-state index is 12.3. The predicted octanol–water partition coefficient (Wildman–Crippen LogP) is 2.59. The summed E-state index contributed by atoms with van der Waals surface area (Å²) < 4.78 is 26.3. The Balaban J connectivity index is 1.72. The number of aromatic nitrogens is 2. The largest absolute Gasteiger partial charge is 0.332 e. The van der Waals surface area contributed by atoms with Crippen molar-refractivity contribution in [1.82, 2.24) is 9.55 Å². The number of nitrogens with zero attached hydrogens (tertiary/aromatic N) is 2. The molecule has 2 aromatic carbocycles. The molecule has 6 heteroatoms. The Labute approximate surface area is 140 Å². The van der Waals surface area contributed by atoms with Crippen LogP contribution in [0.1, 0.15) is 16.1 Å². The highest BCUT2D eigenvalue weighted by molar-refractivity contribution is 7.92. The first-order chi connectivity index (χ1) is 11.5. The Morgan fingerprint density at radius 1 is 0.958 bits per heavy atom. The molecule has 0 amide bonds. The van der Waals surface area contributed by atoms with Crippen molar-refractivity contribution in [3.8, 4) is 0 Å². The van der Waals surface area contributed by atoms with E-state index in [2.05, 4.69) is 4.98 Å². The average Bonchev–Trinajstić information content (AvgIpc) is 3.05. The lowest BCUT2D eigenvalue weighted by molar-refractivity contribution is 0.101. The van der Waals surface area contributed by atoms with Gasteiger partial charge in [0.15, 0.2) is 15.6 Å². The first-order valence-corrected chi connectivity index (χ1v) is 9.06. The lowest BCUT2D eigenvalue weighted by Crippen LogP contribution is -2.16. The molecule has 5 nitrogen and oxygen atoms in total. The molecule has 0 spiro atoms. The van der Waals surface area contributed by atoms with Crippen molar-refractivity contribution in [2.45, 2.75) is 11.4 Å². The van der Waals surface area contributed by atoms with E-state index in [9.17, 15) is 13.2 Å². The number of rotatable bonds is 6. The summed E-state index contributed by atoms with van der Waals surface area (Å²) in [4.78, 5) is 16.4. The van der Waals surface area contributed by atoms with Gasteiger partial charge in [0.05, 0.1) is 11.2 Å². The molecule has 3 rings (SSSR count). The minimum Gasteiger partial charge on any atom is -0.332 e.